The van der Waals surface area contributed by atoms with Crippen molar-refractivity contribution in [2.75, 3.05) is 25.5 Å². The minimum atomic E-state index is -3.92. The van der Waals surface area contributed by atoms with Gasteiger partial charge in [0, 0.05) is 25.2 Å². The quantitative estimate of drug-likeness (QED) is 0.139. The SMILES string of the molecule is CN(C[C@H]1COc2c(S(=O)(=NC(c3ccccc3)(c3ccccc3)c3ccccc3)NC(=O)Nc3c4c(cc5c3CCC5)CCC4)cnn2C1)C(=O)O. The summed E-state index contributed by atoms with van der Waals surface area (Å²) < 4.78 is 32.2. The van der Waals surface area contributed by atoms with Gasteiger partial charge in [-0.1, -0.05) is 97.1 Å². The topological polar surface area (TPSA) is 138 Å². The Kier molecular flexibility index (Phi) is 9.15. The molecule has 2 aliphatic carbocycles. The summed E-state index contributed by atoms with van der Waals surface area (Å²) >= 11 is 0. The predicted molar refractivity (Wildman–Crippen MR) is 203 cm³/mol. The van der Waals surface area contributed by atoms with Gasteiger partial charge in [-0.15, -0.1) is 0 Å². The number of hydrogen-bond acceptors (Lipinski definition) is 6. The number of aryl methyl sites for hydroxylation is 2. The highest BCUT2D eigenvalue weighted by molar-refractivity contribution is 7.92. The van der Waals surface area contributed by atoms with Crippen LogP contribution in [0.5, 0.6) is 5.88 Å². The molecule has 0 fully saturated rings. The van der Waals surface area contributed by atoms with Crippen molar-refractivity contribution >= 4 is 27.7 Å². The van der Waals surface area contributed by atoms with Gasteiger partial charge in [0.2, 0.25) is 5.88 Å². The fourth-order valence-electron chi connectivity index (χ4n) is 8.14. The summed E-state index contributed by atoms with van der Waals surface area (Å²) in [6.45, 7) is 0.731. The molecule has 12 heteroatoms. The van der Waals surface area contributed by atoms with Gasteiger partial charge in [0.15, 0.2) is 9.92 Å². The van der Waals surface area contributed by atoms with E-state index >= 15 is 4.21 Å². The number of carbonyl (C=O) groups is 2. The van der Waals surface area contributed by atoms with Crippen LogP contribution in [0.25, 0.3) is 0 Å². The first-order valence-electron chi connectivity index (χ1n) is 18.1. The number of carboxylic acid groups (broad SMARTS) is 1. The Morgan fingerprint density at radius 1 is 0.906 bits per heavy atom. The predicted octanol–water partition coefficient (Wildman–Crippen LogP) is 7.03. The molecule has 0 spiro atoms. The molecule has 1 aliphatic heterocycles. The first-order valence-corrected chi connectivity index (χ1v) is 19.6. The summed E-state index contributed by atoms with van der Waals surface area (Å²) in [6.07, 6.45) is 6.16. The van der Waals surface area contributed by atoms with Crippen LogP contribution in [0.3, 0.4) is 0 Å². The van der Waals surface area contributed by atoms with Crippen LogP contribution in [-0.4, -0.2) is 56.3 Å². The lowest BCUT2D eigenvalue weighted by atomic mass is 9.78. The zero-order valence-electron chi connectivity index (χ0n) is 29.5. The lowest BCUT2D eigenvalue weighted by Crippen LogP contribution is -2.39. The Labute approximate surface area is 309 Å². The zero-order chi connectivity index (χ0) is 36.6. The zero-order valence-corrected chi connectivity index (χ0v) is 30.4. The molecular formula is C41H42N6O5S. The summed E-state index contributed by atoms with van der Waals surface area (Å²) in [7, 11) is -2.41. The molecule has 4 aromatic carbocycles. The number of anilines is 1. The maximum atomic E-state index is 16.1. The van der Waals surface area contributed by atoms with Crippen molar-refractivity contribution in [3.63, 3.8) is 0 Å². The maximum absolute atomic E-state index is 16.1. The molecule has 1 aromatic heterocycles. The van der Waals surface area contributed by atoms with Crippen molar-refractivity contribution in [2.45, 2.75) is 55.5 Å². The first kappa shape index (κ1) is 34.5. The molecule has 3 amide bonds. The van der Waals surface area contributed by atoms with Crippen molar-refractivity contribution in [1.29, 1.82) is 0 Å². The number of carbonyl (C=O) groups excluding carboxylic acids is 1. The Hall–Kier alpha value is -5.62. The Morgan fingerprint density at radius 2 is 1.45 bits per heavy atom. The van der Waals surface area contributed by atoms with Gasteiger partial charge in [0.25, 0.3) is 0 Å². The maximum Gasteiger partial charge on any atom is 0.407 e. The second-order valence-electron chi connectivity index (χ2n) is 14.1. The molecule has 8 rings (SSSR count). The van der Waals surface area contributed by atoms with E-state index in [9.17, 15) is 14.7 Å². The van der Waals surface area contributed by atoms with Crippen LogP contribution in [0.15, 0.2) is 113 Å². The normalized spacial score (nSPS) is 17.0. The number of amides is 3. The van der Waals surface area contributed by atoms with Gasteiger partial charge < -0.3 is 20.1 Å². The van der Waals surface area contributed by atoms with Crippen LogP contribution < -0.4 is 14.8 Å². The Morgan fingerprint density at radius 3 is 1.98 bits per heavy atom. The van der Waals surface area contributed by atoms with Crippen LogP contribution in [0.2, 0.25) is 0 Å². The molecule has 0 saturated carbocycles. The summed E-state index contributed by atoms with van der Waals surface area (Å²) in [5, 5.41) is 17.2. The van der Waals surface area contributed by atoms with Crippen LogP contribution in [-0.2, 0) is 47.7 Å². The van der Waals surface area contributed by atoms with Crippen molar-refractivity contribution in [3.8, 4) is 5.88 Å². The Bertz CT molecular complexity index is 2160. The molecule has 11 nitrogen and oxygen atoms in total. The molecule has 272 valence electrons. The fourth-order valence-corrected chi connectivity index (χ4v) is 9.99. The van der Waals surface area contributed by atoms with Gasteiger partial charge in [-0.2, -0.15) is 9.46 Å². The number of rotatable bonds is 9. The first-order chi connectivity index (χ1) is 25.7. The second kappa shape index (κ2) is 14.1. The number of nitrogens with one attached hydrogen (secondary N) is 2. The molecule has 3 aliphatic rings. The van der Waals surface area contributed by atoms with Crippen molar-refractivity contribution in [3.05, 3.63) is 142 Å². The lowest BCUT2D eigenvalue weighted by Gasteiger charge is -2.33. The molecule has 0 bridgehead atoms. The van der Waals surface area contributed by atoms with Crippen LogP contribution >= 0.6 is 0 Å². The van der Waals surface area contributed by atoms with E-state index < -0.39 is 27.6 Å². The number of aromatic nitrogens is 2. The molecule has 5 aromatic rings. The summed E-state index contributed by atoms with van der Waals surface area (Å²) in [4.78, 5) is 27.3. The molecule has 53 heavy (non-hydrogen) atoms. The smallest absolute Gasteiger partial charge is 0.407 e. The van der Waals surface area contributed by atoms with E-state index in [1.54, 1.807) is 4.68 Å². The molecule has 0 radical (unpaired) electrons. The fraction of sp³-hybridized carbons (Fsp3) is 0.293. The second-order valence-corrected chi connectivity index (χ2v) is 15.9. The monoisotopic (exact) mass is 730 g/mol. The minimum absolute atomic E-state index is 0.133. The number of nitrogens with zero attached hydrogens (tertiary/aromatic N) is 4. The third-order valence-corrected chi connectivity index (χ3v) is 12.5. The third-order valence-electron chi connectivity index (χ3n) is 10.6. The van der Waals surface area contributed by atoms with Crippen LogP contribution in [0, 0.1) is 5.92 Å². The summed E-state index contributed by atoms with van der Waals surface area (Å²) in [5.41, 5.74) is 6.58. The van der Waals surface area contributed by atoms with Crippen LogP contribution in [0.1, 0.15) is 51.8 Å². The third kappa shape index (κ3) is 6.41. The minimum Gasteiger partial charge on any atom is -0.476 e. The van der Waals surface area contributed by atoms with E-state index in [0.717, 1.165) is 72.0 Å². The number of fused-ring (bicyclic) bond motifs is 3. The van der Waals surface area contributed by atoms with E-state index in [0.29, 0.717) is 6.54 Å². The molecular weight excluding hydrogens is 689 g/mol. The number of benzene rings is 4. The van der Waals surface area contributed by atoms with E-state index in [2.05, 4.69) is 21.2 Å². The van der Waals surface area contributed by atoms with E-state index in [4.69, 9.17) is 9.10 Å². The van der Waals surface area contributed by atoms with Gasteiger partial charge in [-0.3, -0.25) is 0 Å². The van der Waals surface area contributed by atoms with Gasteiger partial charge in [-0.25, -0.2) is 23.2 Å². The summed E-state index contributed by atoms with van der Waals surface area (Å²) in [6, 6.07) is 30.7. The van der Waals surface area contributed by atoms with Gasteiger partial charge >= 0.3 is 12.1 Å². The number of urea groups is 1. The van der Waals surface area contributed by atoms with E-state index in [1.165, 1.54) is 29.3 Å². The van der Waals surface area contributed by atoms with Crippen molar-refractivity contribution < 1.29 is 23.6 Å². The average molecular weight is 731 g/mol. The average Bonchev–Trinajstić information content (AvgIpc) is 3.95. The molecule has 0 saturated heterocycles. The van der Waals surface area contributed by atoms with Crippen molar-refractivity contribution in [1.82, 2.24) is 19.4 Å². The van der Waals surface area contributed by atoms with Gasteiger partial charge in [0.1, 0.15) is 10.4 Å². The molecule has 2 heterocycles. The van der Waals surface area contributed by atoms with E-state index in [-0.39, 0.29) is 29.8 Å². The Balaban J connectivity index is 1.30. The van der Waals surface area contributed by atoms with Gasteiger partial charge in [0.05, 0.1) is 19.3 Å². The van der Waals surface area contributed by atoms with Gasteiger partial charge in [-0.05, 0) is 77.5 Å². The highest BCUT2D eigenvalue weighted by Crippen LogP contribution is 2.44. The molecule has 3 N–H and O–H groups in total. The summed E-state index contributed by atoms with van der Waals surface area (Å²) in [5.74, 6) is 0.0257. The highest BCUT2D eigenvalue weighted by atomic mass is 32.2. The highest BCUT2D eigenvalue weighted by Gasteiger charge is 2.41. The van der Waals surface area contributed by atoms with Crippen LogP contribution in [0.4, 0.5) is 15.3 Å². The molecule has 1 unspecified atom stereocenters. The number of hydrogen-bond donors (Lipinski definition) is 3. The lowest BCUT2D eigenvalue weighted by molar-refractivity contribution is 0.113. The van der Waals surface area contributed by atoms with E-state index in [1.807, 2.05) is 91.0 Å². The number of ether oxygens (including phenoxy) is 1. The standard InChI is InChI=1S/C41H42N6O5S/c1-46(40(49)50)25-28-26-47-38(52-27-28)36(24-42-47)53(51,44-39(48)43-37-34-21-11-13-29(34)23-30-14-12-22-35(30)37)45-41(31-15-5-2-6-16-31,32-17-7-3-8-18-32)33-19-9-4-10-20-33/h2-10,15-20,23-24,28H,11-14,21-22,25-27H2,1H3,(H,49,50)(H2,43,44,45,48,51)/t28-,53?/m1/s1. The molecule has 2 atom stereocenters. The largest absolute Gasteiger partial charge is 0.476 e. The van der Waals surface area contributed by atoms with Crippen molar-refractivity contribution in [2.24, 2.45) is 10.3 Å².